The third-order valence-electron chi connectivity index (χ3n) is 1.83. The number of aldehydes is 1. The second-order valence-corrected chi connectivity index (χ2v) is 3.92. The minimum atomic E-state index is -0.545. The first-order chi connectivity index (χ1) is 7.20. The zero-order chi connectivity index (χ0) is 10.8. The van der Waals surface area contributed by atoms with Crippen LogP contribution in [0.15, 0.2) is 27.9 Å². The number of carbonyl (C=O) groups is 1. The maximum atomic E-state index is 11.4. The van der Waals surface area contributed by atoms with Crippen LogP contribution in [0.25, 0.3) is 10.4 Å². The lowest BCUT2D eigenvalue weighted by Gasteiger charge is -1.93. The van der Waals surface area contributed by atoms with E-state index in [0.717, 1.165) is 0 Å². The van der Waals surface area contributed by atoms with Gasteiger partial charge in [0.1, 0.15) is 0 Å². The first kappa shape index (κ1) is 9.60. The Morgan fingerprint density at radius 2 is 2.07 bits per heavy atom. The van der Waals surface area contributed by atoms with E-state index in [9.17, 15) is 14.4 Å². The number of aromatic nitrogens is 2. The summed E-state index contributed by atoms with van der Waals surface area (Å²) in [5, 5.41) is 0. The molecule has 2 rings (SSSR count). The van der Waals surface area contributed by atoms with Crippen LogP contribution in [0, 0.1) is 0 Å². The summed E-state index contributed by atoms with van der Waals surface area (Å²) in [6.45, 7) is 0. The second kappa shape index (κ2) is 3.66. The standard InChI is InChI=1S/C9H6N2O3S/c12-4-5-1-2-7(15-5)6-3-10-9(14)11-8(6)13/h1-4H,(H2,10,11,13,14). The van der Waals surface area contributed by atoms with Crippen molar-refractivity contribution in [2.75, 3.05) is 0 Å². The average molecular weight is 222 g/mol. The molecule has 2 heterocycles. The van der Waals surface area contributed by atoms with E-state index in [-0.39, 0.29) is 0 Å². The molecule has 0 atom stereocenters. The Labute approximate surface area is 87.4 Å². The fourth-order valence-electron chi connectivity index (χ4n) is 1.15. The first-order valence-electron chi connectivity index (χ1n) is 4.08. The summed E-state index contributed by atoms with van der Waals surface area (Å²) in [5.41, 5.74) is -0.651. The SMILES string of the molecule is O=Cc1ccc(-c2c[nH]c(=O)[nH]c2=O)s1. The molecule has 0 bridgehead atoms. The van der Waals surface area contributed by atoms with Gasteiger partial charge in [-0.15, -0.1) is 11.3 Å². The molecular weight excluding hydrogens is 216 g/mol. The van der Waals surface area contributed by atoms with Crippen LogP contribution in [-0.2, 0) is 0 Å². The fraction of sp³-hybridized carbons (Fsp3) is 0. The summed E-state index contributed by atoms with van der Waals surface area (Å²) in [6.07, 6.45) is 2.05. The van der Waals surface area contributed by atoms with Crippen LogP contribution < -0.4 is 11.2 Å². The topological polar surface area (TPSA) is 82.8 Å². The molecule has 2 N–H and O–H groups in total. The Balaban J connectivity index is 2.58. The molecule has 2 aromatic heterocycles. The lowest BCUT2D eigenvalue weighted by atomic mass is 10.3. The summed E-state index contributed by atoms with van der Waals surface area (Å²) in [6, 6.07) is 3.29. The highest BCUT2D eigenvalue weighted by atomic mass is 32.1. The van der Waals surface area contributed by atoms with E-state index in [4.69, 9.17) is 0 Å². The predicted molar refractivity (Wildman–Crippen MR) is 56.4 cm³/mol. The van der Waals surface area contributed by atoms with Crippen molar-refractivity contribution in [3.05, 3.63) is 44.0 Å². The zero-order valence-electron chi connectivity index (χ0n) is 7.44. The predicted octanol–water partition coefficient (Wildman–Crippen LogP) is 0.604. The largest absolute Gasteiger partial charge is 0.325 e. The van der Waals surface area contributed by atoms with Gasteiger partial charge in [-0.3, -0.25) is 14.6 Å². The van der Waals surface area contributed by atoms with Gasteiger partial charge in [0.15, 0.2) is 6.29 Å². The Bertz CT molecular complexity index is 608. The van der Waals surface area contributed by atoms with E-state index in [1.807, 2.05) is 0 Å². The summed E-state index contributed by atoms with van der Waals surface area (Å²) >= 11 is 1.20. The molecule has 0 aliphatic heterocycles. The molecule has 0 spiro atoms. The number of hydrogen-bond donors (Lipinski definition) is 2. The molecule has 0 amide bonds. The number of aromatic amines is 2. The van der Waals surface area contributed by atoms with Crippen molar-refractivity contribution in [3.63, 3.8) is 0 Å². The van der Waals surface area contributed by atoms with Crippen LogP contribution in [0.1, 0.15) is 9.67 Å². The van der Waals surface area contributed by atoms with Gasteiger partial charge in [0, 0.05) is 11.1 Å². The molecule has 2 aromatic rings. The Morgan fingerprint density at radius 1 is 1.27 bits per heavy atom. The minimum absolute atomic E-state index is 0.354. The van der Waals surface area contributed by atoms with Crippen LogP contribution >= 0.6 is 11.3 Å². The minimum Gasteiger partial charge on any atom is -0.313 e. The Hall–Kier alpha value is -1.95. The molecule has 0 radical (unpaired) electrons. The van der Waals surface area contributed by atoms with Crippen molar-refractivity contribution in [1.29, 1.82) is 0 Å². The van der Waals surface area contributed by atoms with E-state index in [2.05, 4.69) is 9.97 Å². The zero-order valence-corrected chi connectivity index (χ0v) is 8.26. The number of thiophene rings is 1. The molecule has 0 aliphatic carbocycles. The van der Waals surface area contributed by atoms with E-state index < -0.39 is 11.2 Å². The molecule has 15 heavy (non-hydrogen) atoms. The number of rotatable bonds is 2. The lowest BCUT2D eigenvalue weighted by molar-refractivity contribution is 0.112. The third-order valence-corrected chi connectivity index (χ3v) is 2.87. The highest BCUT2D eigenvalue weighted by molar-refractivity contribution is 7.17. The fourth-order valence-corrected chi connectivity index (χ4v) is 1.99. The summed E-state index contributed by atoms with van der Waals surface area (Å²) in [4.78, 5) is 38.3. The van der Waals surface area contributed by atoms with Gasteiger partial charge in [0.05, 0.1) is 10.4 Å². The smallest absolute Gasteiger partial charge is 0.313 e. The van der Waals surface area contributed by atoms with Gasteiger partial charge in [0.2, 0.25) is 0 Å². The van der Waals surface area contributed by atoms with Crippen LogP contribution in [0.2, 0.25) is 0 Å². The van der Waals surface area contributed by atoms with Gasteiger partial charge in [-0.1, -0.05) is 0 Å². The second-order valence-electron chi connectivity index (χ2n) is 2.81. The Kier molecular flexibility index (Phi) is 2.34. The monoisotopic (exact) mass is 222 g/mol. The average Bonchev–Trinajstić information content (AvgIpc) is 2.66. The number of nitrogens with one attached hydrogen (secondary N) is 2. The quantitative estimate of drug-likeness (QED) is 0.730. The molecular formula is C9H6N2O3S. The number of carbonyl (C=O) groups excluding carboxylic acids is 1. The van der Waals surface area contributed by atoms with Crippen molar-refractivity contribution in [2.24, 2.45) is 0 Å². The highest BCUT2D eigenvalue weighted by Crippen LogP contribution is 2.23. The molecule has 0 fully saturated rings. The Morgan fingerprint density at radius 3 is 2.67 bits per heavy atom. The third kappa shape index (κ3) is 1.79. The summed E-state index contributed by atoms with van der Waals surface area (Å²) < 4.78 is 0. The van der Waals surface area contributed by atoms with Crippen molar-refractivity contribution < 1.29 is 4.79 Å². The summed E-state index contributed by atoms with van der Waals surface area (Å²) in [5.74, 6) is 0. The normalized spacial score (nSPS) is 10.1. The molecule has 5 nitrogen and oxygen atoms in total. The summed E-state index contributed by atoms with van der Waals surface area (Å²) in [7, 11) is 0. The number of hydrogen-bond acceptors (Lipinski definition) is 4. The van der Waals surface area contributed by atoms with Gasteiger partial charge in [-0.2, -0.15) is 0 Å². The molecule has 0 aromatic carbocycles. The maximum Gasteiger partial charge on any atom is 0.325 e. The van der Waals surface area contributed by atoms with Gasteiger partial charge >= 0.3 is 5.69 Å². The van der Waals surface area contributed by atoms with E-state index in [0.29, 0.717) is 21.6 Å². The molecule has 0 aliphatic rings. The van der Waals surface area contributed by atoms with Crippen LogP contribution in [0.5, 0.6) is 0 Å². The van der Waals surface area contributed by atoms with Crippen LogP contribution in [0.3, 0.4) is 0 Å². The van der Waals surface area contributed by atoms with Crippen LogP contribution in [-0.4, -0.2) is 16.3 Å². The van der Waals surface area contributed by atoms with Gasteiger partial charge < -0.3 is 4.98 Å². The van der Waals surface area contributed by atoms with E-state index in [1.54, 1.807) is 12.1 Å². The number of H-pyrrole nitrogens is 2. The van der Waals surface area contributed by atoms with Crippen molar-refractivity contribution in [1.82, 2.24) is 9.97 Å². The van der Waals surface area contributed by atoms with Gasteiger partial charge in [-0.25, -0.2) is 4.79 Å². The van der Waals surface area contributed by atoms with Crippen molar-refractivity contribution >= 4 is 17.6 Å². The van der Waals surface area contributed by atoms with Crippen molar-refractivity contribution in [2.45, 2.75) is 0 Å². The highest BCUT2D eigenvalue weighted by Gasteiger charge is 2.06. The van der Waals surface area contributed by atoms with E-state index in [1.165, 1.54) is 17.5 Å². The maximum absolute atomic E-state index is 11.4. The van der Waals surface area contributed by atoms with Gasteiger partial charge in [0.25, 0.3) is 5.56 Å². The van der Waals surface area contributed by atoms with Crippen LogP contribution in [0.4, 0.5) is 0 Å². The molecule has 6 heteroatoms. The van der Waals surface area contributed by atoms with Crippen molar-refractivity contribution in [3.8, 4) is 10.4 Å². The van der Waals surface area contributed by atoms with E-state index >= 15 is 0 Å². The molecule has 0 saturated carbocycles. The lowest BCUT2D eigenvalue weighted by Crippen LogP contribution is -2.22. The first-order valence-corrected chi connectivity index (χ1v) is 4.90. The van der Waals surface area contributed by atoms with Gasteiger partial charge in [-0.05, 0) is 12.1 Å². The molecule has 76 valence electrons. The molecule has 0 saturated heterocycles. The molecule has 0 unspecified atom stereocenters.